The molecule has 0 saturated carbocycles. The minimum Gasteiger partial charge on any atom is -0.324 e. The third-order valence-corrected chi connectivity index (χ3v) is 4.42. The zero-order valence-corrected chi connectivity index (χ0v) is 15.9. The monoisotopic (exact) mass is 411 g/mol. The Kier molecular flexibility index (Phi) is 5.63. The number of anilines is 1. The van der Waals surface area contributed by atoms with Crippen molar-refractivity contribution < 1.29 is 4.79 Å². The van der Waals surface area contributed by atoms with Crippen LogP contribution in [0.3, 0.4) is 0 Å². The summed E-state index contributed by atoms with van der Waals surface area (Å²) in [7, 11) is 0. The van der Waals surface area contributed by atoms with Crippen LogP contribution >= 0.6 is 15.9 Å². The van der Waals surface area contributed by atoms with Gasteiger partial charge < -0.3 is 5.32 Å². The van der Waals surface area contributed by atoms with E-state index < -0.39 is 0 Å². The molecule has 3 aromatic rings. The molecule has 5 nitrogen and oxygen atoms in total. The van der Waals surface area contributed by atoms with E-state index >= 15 is 0 Å². The predicted octanol–water partition coefficient (Wildman–Crippen LogP) is 3.87. The van der Waals surface area contributed by atoms with Crippen LogP contribution in [-0.4, -0.2) is 15.7 Å². The van der Waals surface area contributed by atoms with Crippen LogP contribution < -0.4 is 10.9 Å². The van der Waals surface area contributed by atoms with Gasteiger partial charge in [-0.3, -0.25) is 9.59 Å². The molecule has 0 unspecified atom stereocenters. The number of carbonyl (C=O) groups excluding carboxylic acids is 1. The number of carbonyl (C=O) groups is 1. The molecule has 1 amide bonds. The lowest BCUT2D eigenvalue weighted by atomic mass is 10.1. The second kappa shape index (κ2) is 8.10. The van der Waals surface area contributed by atoms with E-state index in [1.165, 1.54) is 16.3 Å². The van der Waals surface area contributed by atoms with Crippen molar-refractivity contribution in [2.24, 2.45) is 0 Å². The first kappa shape index (κ1) is 18.1. The summed E-state index contributed by atoms with van der Waals surface area (Å²) in [6.07, 6.45) is 0.961. The van der Waals surface area contributed by atoms with Crippen molar-refractivity contribution in [2.45, 2.75) is 19.9 Å². The van der Waals surface area contributed by atoms with E-state index in [4.69, 9.17) is 0 Å². The van der Waals surface area contributed by atoms with Crippen LogP contribution in [0.15, 0.2) is 69.9 Å². The first-order valence-electron chi connectivity index (χ1n) is 8.28. The largest absolute Gasteiger partial charge is 0.324 e. The van der Waals surface area contributed by atoms with Crippen LogP contribution in [0.5, 0.6) is 0 Å². The lowest BCUT2D eigenvalue weighted by Gasteiger charge is -2.09. The molecule has 3 rings (SSSR count). The average molecular weight is 412 g/mol. The molecule has 1 N–H and O–H groups in total. The molecule has 2 aromatic carbocycles. The number of benzene rings is 2. The van der Waals surface area contributed by atoms with Crippen molar-refractivity contribution >= 4 is 27.5 Å². The molecule has 0 spiro atoms. The Morgan fingerprint density at radius 1 is 1.12 bits per heavy atom. The SMILES string of the molecule is CCc1ccc(-c2ccc(=O)n(CC(=O)Nc3cccc(Br)c3)n2)cc1. The Bertz CT molecular complexity index is 981. The number of hydrogen-bond acceptors (Lipinski definition) is 3. The van der Waals surface area contributed by atoms with Gasteiger partial charge in [0, 0.05) is 21.8 Å². The molecule has 0 aliphatic rings. The zero-order valence-electron chi connectivity index (χ0n) is 14.3. The van der Waals surface area contributed by atoms with E-state index in [2.05, 4.69) is 33.3 Å². The fourth-order valence-electron chi connectivity index (χ4n) is 2.53. The molecule has 132 valence electrons. The van der Waals surface area contributed by atoms with Crippen molar-refractivity contribution in [3.8, 4) is 11.3 Å². The fraction of sp³-hybridized carbons (Fsp3) is 0.150. The van der Waals surface area contributed by atoms with Crippen molar-refractivity contribution in [1.29, 1.82) is 0 Å². The number of aryl methyl sites for hydroxylation is 1. The maximum absolute atomic E-state index is 12.3. The second-order valence-electron chi connectivity index (χ2n) is 5.82. The lowest BCUT2D eigenvalue weighted by molar-refractivity contribution is -0.117. The van der Waals surface area contributed by atoms with Gasteiger partial charge in [0.25, 0.3) is 5.56 Å². The highest BCUT2D eigenvalue weighted by Crippen LogP contribution is 2.17. The standard InChI is InChI=1S/C20H18BrN3O2/c1-2-14-6-8-15(9-7-14)18-10-11-20(26)24(23-18)13-19(25)22-17-5-3-4-16(21)12-17/h3-12H,2,13H2,1H3,(H,22,25). The molecule has 0 atom stereocenters. The molecule has 26 heavy (non-hydrogen) atoms. The van der Waals surface area contributed by atoms with Crippen LogP contribution in [0.1, 0.15) is 12.5 Å². The number of amides is 1. The highest BCUT2D eigenvalue weighted by molar-refractivity contribution is 9.10. The third kappa shape index (κ3) is 4.46. The van der Waals surface area contributed by atoms with Crippen LogP contribution in [0.2, 0.25) is 0 Å². The molecule has 1 heterocycles. The van der Waals surface area contributed by atoms with Gasteiger partial charge >= 0.3 is 0 Å². The Balaban J connectivity index is 1.79. The smallest absolute Gasteiger partial charge is 0.267 e. The normalized spacial score (nSPS) is 10.5. The van der Waals surface area contributed by atoms with Gasteiger partial charge in [0.15, 0.2) is 0 Å². The maximum Gasteiger partial charge on any atom is 0.267 e. The van der Waals surface area contributed by atoms with Crippen molar-refractivity contribution in [3.05, 3.63) is 81.1 Å². The Labute approximate surface area is 159 Å². The lowest BCUT2D eigenvalue weighted by Crippen LogP contribution is -2.29. The summed E-state index contributed by atoms with van der Waals surface area (Å²) >= 11 is 3.36. The van der Waals surface area contributed by atoms with Crippen molar-refractivity contribution in [1.82, 2.24) is 9.78 Å². The first-order valence-corrected chi connectivity index (χ1v) is 9.07. The summed E-state index contributed by atoms with van der Waals surface area (Å²) in [6, 6.07) is 18.4. The van der Waals surface area contributed by atoms with Crippen LogP contribution in [0, 0.1) is 0 Å². The fourth-order valence-corrected chi connectivity index (χ4v) is 2.93. The minimum atomic E-state index is -0.316. The van der Waals surface area contributed by atoms with E-state index in [0.717, 1.165) is 16.5 Å². The number of nitrogens with zero attached hydrogens (tertiary/aromatic N) is 2. The summed E-state index contributed by atoms with van der Waals surface area (Å²) in [5.74, 6) is -0.309. The molecule has 0 saturated heterocycles. The predicted molar refractivity (Wildman–Crippen MR) is 106 cm³/mol. The molecular weight excluding hydrogens is 394 g/mol. The average Bonchev–Trinajstić information content (AvgIpc) is 2.63. The molecule has 0 radical (unpaired) electrons. The first-order chi connectivity index (χ1) is 12.5. The second-order valence-corrected chi connectivity index (χ2v) is 6.74. The van der Waals surface area contributed by atoms with E-state index in [0.29, 0.717) is 11.4 Å². The number of hydrogen-bond donors (Lipinski definition) is 1. The third-order valence-electron chi connectivity index (χ3n) is 3.93. The number of halogens is 1. The van der Waals surface area contributed by atoms with Crippen molar-refractivity contribution in [2.75, 3.05) is 5.32 Å². The highest BCUT2D eigenvalue weighted by Gasteiger charge is 2.09. The number of rotatable bonds is 5. The van der Waals surface area contributed by atoms with Gasteiger partial charge in [0.05, 0.1) is 5.69 Å². The summed E-state index contributed by atoms with van der Waals surface area (Å²) in [6.45, 7) is 1.95. The Morgan fingerprint density at radius 3 is 2.58 bits per heavy atom. The number of aromatic nitrogens is 2. The number of nitrogens with one attached hydrogen (secondary N) is 1. The van der Waals surface area contributed by atoms with Crippen LogP contribution in [0.25, 0.3) is 11.3 Å². The summed E-state index contributed by atoms with van der Waals surface area (Å²) < 4.78 is 2.04. The van der Waals surface area contributed by atoms with Gasteiger partial charge in [0.1, 0.15) is 6.54 Å². The summed E-state index contributed by atoms with van der Waals surface area (Å²) in [5.41, 5.74) is 3.13. The van der Waals surface area contributed by atoms with Gasteiger partial charge in [-0.1, -0.05) is 53.2 Å². The van der Waals surface area contributed by atoms with Gasteiger partial charge in [-0.2, -0.15) is 5.10 Å². The van der Waals surface area contributed by atoms with Crippen LogP contribution in [-0.2, 0) is 17.8 Å². The maximum atomic E-state index is 12.3. The van der Waals surface area contributed by atoms with Gasteiger partial charge in [-0.05, 0) is 36.2 Å². The van der Waals surface area contributed by atoms with E-state index in [-0.39, 0.29) is 18.0 Å². The quantitative estimate of drug-likeness (QED) is 0.692. The van der Waals surface area contributed by atoms with Gasteiger partial charge in [-0.15, -0.1) is 0 Å². The van der Waals surface area contributed by atoms with Crippen molar-refractivity contribution in [3.63, 3.8) is 0 Å². The molecule has 0 bridgehead atoms. The Hall–Kier alpha value is -2.73. The summed E-state index contributed by atoms with van der Waals surface area (Å²) in [5, 5.41) is 7.10. The molecule has 0 aliphatic heterocycles. The van der Waals surface area contributed by atoms with E-state index in [9.17, 15) is 9.59 Å². The topological polar surface area (TPSA) is 64.0 Å². The van der Waals surface area contributed by atoms with E-state index in [1.807, 2.05) is 36.4 Å². The molecule has 0 fully saturated rings. The molecule has 0 aliphatic carbocycles. The van der Waals surface area contributed by atoms with Gasteiger partial charge in [-0.25, -0.2) is 4.68 Å². The Morgan fingerprint density at radius 2 is 1.88 bits per heavy atom. The van der Waals surface area contributed by atoms with E-state index in [1.54, 1.807) is 18.2 Å². The van der Waals surface area contributed by atoms with Crippen LogP contribution in [0.4, 0.5) is 5.69 Å². The highest BCUT2D eigenvalue weighted by atomic mass is 79.9. The molecule has 6 heteroatoms. The summed E-state index contributed by atoms with van der Waals surface area (Å²) in [4.78, 5) is 24.3. The minimum absolute atomic E-state index is 0.147. The zero-order chi connectivity index (χ0) is 18.5. The molecule has 1 aromatic heterocycles. The molecular formula is C20H18BrN3O2. The van der Waals surface area contributed by atoms with Gasteiger partial charge in [0.2, 0.25) is 5.91 Å².